The summed E-state index contributed by atoms with van der Waals surface area (Å²) in [5.74, 6) is -2.23. The van der Waals surface area contributed by atoms with Gasteiger partial charge in [0.15, 0.2) is 6.10 Å². The largest absolute Gasteiger partial charge is 0.479 e. The van der Waals surface area contributed by atoms with E-state index < -0.39 is 23.8 Å². The number of rotatable bonds is 3. The van der Waals surface area contributed by atoms with Gasteiger partial charge in [-0.25, -0.2) is 4.79 Å². The molecule has 7 heteroatoms. The van der Waals surface area contributed by atoms with Crippen LogP contribution in [0.5, 0.6) is 0 Å². The summed E-state index contributed by atoms with van der Waals surface area (Å²) in [6.45, 7) is 0.170. The maximum atomic E-state index is 12.0. The Morgan fingerprint density at radius 1 is 1.38 bits per heavy atom. The lowest BCUT2D eigenvalue weighted by molar-refractivity contribution is -0.149. The summed E-state index contributed by atoms with van der Waals surface area (Å²) in [6, 6.07) is 4.69. The van der Waals surface area contributed by atoms with Gasteiger partial charge >= 0.3 is 5.97 Å². The van der Waals surface area contributed by atoms with Gasteiger partial charge in [-0.05, 0) is 31.0 Å². The van der Waals surface area contributed by atoms with Crippen LogP contribution in [-0.2, 0) is 14.3 Å². The normalized spacial score (nSPS) is 24.5. The second kappa shape index (κ2) is 5.13. The Labute approximate surface area is 125 Å². The Kier molecular flexibility index (Phi) is 3.43. The fraction of sp³-hybridized carbons (Fsp3) is 0.357. The third kappa shape index (κ3) is 2.41. The molecule has 0 spiro atoms. The monoisotopic (exact) mass is 309 g/mol. The van der Waals surface area contributed by atoms with Crippen LogP contribution in [0.2, 0.25) is 5.02 Å². The predicted octanol–water partition coefficient (Wildman–Crippen LogP) is 1.50. The van der Waals surface area contributed by atoms with Crippen molar-refractivity contribution in [2.75, 3.05) is 11.4 Å². The van der Waals surface area contributed by atoms with Crippen LogP contribution < -0.4 is 4.90 Å². The summed E-state index contributed by atoms with van der Waals surface area (Å²) in [5.41, 5.74) is 0.775. The molecule has 1 saturated heterocycles. The smallest absolute Gasteiger partial charge is 0.332 e. The first-order valence-electron chi connectivity index (χ1n) is 6.51. The molecule has 0 aromatic heterocycles. The number of amides is 1. The van der Waals surface area contributed by atoms with Crippen LogP contribution in [-0.4, -0.2) is 41.5 Å². The van der Waals surface area contributed by atoms with Crippen molar-refractivity contribution >= 4 is 34.9 Å². The molecule has 21 heavy (non-hydrogen) atoms. The van der Waals surface area contributed by atoms with Gasteiger partial charge in [-0.15, -0.1) is 0 Å². The van der Waals surface area contributed by atoms with Gasteiger partial charge in [0.2, 0.25) is 0 Å². The van der Waals surface area contributed by atoms with E-state index in [1.165, 1.54) is 11.0 Å². The van der Waals surface area contributed by atoms with E-state index in [9.17, 15) is 14.4 Å². The van der Waals surface area contributed by atoms with Crippen molar-refractivity contribution in [1.82, 2.24) is 0 Å². The Hall–Kier alpha value is -1.92. The van der Waals surface area contributed by atoms with Crippen molar-refractivity contribution in [2.24, 2.45) is 0 Å². The molecule has 110 valence electrons. The fourth-order valence-electron chi connectivity index (χ4n) is 2.68. The van der Waals surface area contributed by atoms with Gasteiger partial charge in [0.25, 0.3) is 11.7 Å². The Bertz CT molecular complexity index is 644. The summed E-state index contributed by atoms with van der Waals surface area (Å²) >= 11 is 5.84. The van der Waals surface area contributed by atoms with Crippen LogP contribution in [0.25, 0.3) is 0 Å². The number of hydrogen-bond donors (Lipinski definition) is 1. The van der Waals surface area contributed by atoms with Crippen LogP contribution in [0, 0.1) is 0 Å². The van der Waals surface area contributed by atoms with Crippen LogP contribution in [0.15, 0.2) is 18.2 Å². The van der Waals surface area contributed by atoms with E-state index >= 15 is 0 Å². The number of nitrogens with zero attached hydrogens (tertiary/aromatic N) is 1. The lowest BCUT2D eigenvalue weighted by atomic mass is 10.1. The zero-order valence-corrected chi connectivity index (χ0v) is 11.7. The van der Waals surface area contributed by atoms with Crippen molar-refractivity contribution in [2.45, 2.75) is 25.0 Å². The third-order valence-electron chi connectivity index (χ3n) is 3.70. The lowest BCUT2D eigenvalue weighted by Gasteiger charge is -2.20. The van der Waals surface area contributed by atoms with Crippen molar-refractivity contribution in [3.8, 4) is 0 Å². The topological polar surface area (TPSA) is 83.9 Å². The summed E-state index contributed by atoms with van der Waals surface area (Å²) in [6.07, 6.45) is -0.279. The van der Waals surface area contributed by atoms with Crippen LogP contribution in [0.3, 0.4) is 0 Å². The average Bonchev–Trinajstić information content (AvgIpc) is 2.99. The number of carbonyl (C=O) groups excluding carboxylic acids is 2. The molecule has 2 heterocycles. The van der Waals surface area contributed by atoms with E-state index in [1.807, 2.05) is 0 Å². The molecular weight excluding hydrogens is 298 g/mol. The third-order valence-corrected chi connectivity index (χ3v) is 3.94. The number of halogens is 1. The quantitative estimate of drug-likeness (QED) is 0.855. The highest BCUT2D eigenvalue weighted by molar-refractivity contribution is 6.52. The van der Waals surface area contributed by atoms with Gasteiger partial charge < -0.3 is 14.7 Å². The highest BCUT2D eigenvalue weighted by Gasteiger charge is 2.39. The first-order chi connectivity index (χ1) is 9.97. The van der Waals surface area contributed by atoms with Gasteiger partial charge in [-0.1, -0.05) is 11.6 Å². The molecule has 0 bridgehead atoms. The number of carboxylic acid groups (broad SMARTS) is 1. The average molecular weight is 310 g/mol. The van der Waals surface area contributed by atoms with Gasteiger partial charge in [0, 0.05) is 5.02 Å². The first-order valence-corrected chi connectivity index (χ1v) is 6.89. The minimum absolute atomic E-state index is 0.170. The molecule has 6 nitrogen and oxygen atoms in total. The summed E-state index contributed by atoms with van der Waals surface area (Å²) < 4.78 is 5.38. The summed E-state index contributed by atoms with van der Waals surface area (Å²) in [7, 11) is 0. The Balaban J connectivity index is 1.80. The second-order valence-electron chi connectivity index (χ2n) is 5.07. The zero-order chi connectivity index (χ0) is 15.1. The predicted molar refractivity (Wildman–Crippen MR) is 73.7 cm³/mol. The standard InChI is InChI=1S/C14H12ClNO5/c15-7-1-3-10-9(5-7)12(17)13(18)16(10)6-8-2-4-11(21-8)14(19)20/h1,3,5,8,11H,2,4,6H2,(H,19,20). The van der Waals surface area contributed by atoms with E-state index in [2.05, 4.69) is 0 Å². The van der Waals surface area contributed by atoms with Gasteiger partial charge in [-0.3, -0.25) is 9.59 Å². The SMILES string of the molecule is O=C1C(=O)N(CC2CCC(C(=O)O)O2)c2ccc(Cl)cc21. The molecule has 1 fully saturated rings. The minimum Gasteiger partial charge on any atom is -0.479 e. The van der Waals surface area contributed by atoms with Crippen molar-refractivity contribution in [3.05, 3.63) is 28.8 Å². The molecule has 1 aromatic rings. The molecule has 1 amide bonds. The van der Waals surface area contributed by atoms with Gasteiger partial charge in [0.1, 0.15) is 0 Å². The van der Waals surface area contributed by atoms with E-state index in [1.54, 1.807) is 12.1 Å². The molecule has 3 rings (SSSR count). The van der Waals surface area contributed by atoms with Crippen molar-refractivity contribution in [3.63, 3.8) is 0 Å². The number of carboxylic acids is 1. The van der Waals surface area contributed by atoms with E-state index in [0.717, 1.165) is 0 Å². The lowest BCUT2D eigenvalue weighted by Crippen LogP contribution is -2.37. The van der Waals surface area contributed by atoms with Crippen LogP contribution in [0.1, 0.15) is 23.2 Å². The highest BCUT2D eigenvalue weighted by Crippen LogP contribution is 2.32. The van der Waals surface area contributed by atoms with Crippen LogP contribution >= 0.6 is 11.6 Å². The number of anilines is 1. The summed E-state index contributed by atoms with van der Waals surface area (Å²) in [5, 5.41) is 9.29. The molecule has 0 radical (unpaired) electrons. The van der Waals surface area contributed by atoms with Crippen molar-refractivity contribution in [1.29, 1.82) is 0 Å². The molecule has 2 aliphatic heterocycles. The molecule has 2 aliphatic rings. The molecular formula is C14H12ClNO5. The number of ketones is 1. The number of ether oxygens (including phenoxy) is 1. The zero-order valence-electron chi connectivity index (χ0n) is 10.9. The number of fused-ring (bicyclic) bond motifs is 1. The molecule has 2 atom stereocenters. The van der Waals surface area contributed by atoms with Crippen LogP contribution in [0.4, 0.5) is 5.69 Å². The maximum absolute atomic E-state index is 12.0. The van der Waals surface area contributed by atoms with E-state index in [4.69, 9.17) is 21.4 Å². The molecule has 0 saturated carbocycles. The van der Waals surface area contributed by atoms with E-state index in [0.29, 0.717) is 23.6 Å². The molecule has 0 aliphatic carbocycles. The number of hydrogen-bond acceptors (Lipinski definition) is 4. The highest BCUT2D eigenvalue weighted by atomic mass is 35.5. The van der Waals surface area contributed by atoms with E-state index in [-0.39, 0.29) is 18.2 Å². The van der Waals surface area contributed by atoms with Gasteiger partial charge in [-0.2, -0.15) is 0 Å². The second-order valence-corrected chi connectivity index (χ2v) is 5.51. The Morgan fingerprint density at radius 3 is 2.81 bits per heavy atom. The summed E-state index contributed by atoms with van der Waals surface area (Å²) in [4.78, 5) is 36.2. The number of aliphatic carboxylic acids is 1. The molecule has 1 N–H and O–H groups in total. The maximum Gasteiger partial charge on any atom is 0.332 e. The Morgan fingerprint density at radius 2 is 2.14 bits per heavy atom. The fourth-order valence-corrected chi connectivity index (χ4v) is 2.85. The molecule has 1 aromatic carbocycles. The number of carbonyl (C=O) groups is 3. The van der Waals surface area contributed by atoms with Gasteiger partial charge in [0.05, 0.1) is 23.9 Å². The minimum atomic E-state index is -1.01. The molecule has 2 unspecified atom stereocenters. The number of Topliss-reactive ketones (excluding diaryl/α,β-unsaturated/α-hetero) is 1. The van der Waals surface area contributed by atoms with Crippen molar-refractivity contribution < 1.29 is 24.2 Å². The number of benzene rings is 1. The first kappa shape index (κ1) is 14.0.